The number of alkyl halides is 6. The SMILES string of the molecule is CCCN(Cc1cccc(-c2nc(CCN)cc(=O)[nH]2)c1)Cc1ccccn1.O=C(O)C(F)(F)F.O=C(O)C(F)(F)F. The first-order chi connectivity index (χ1) is 19.6. The molecule has 2 heterocycles. The second kappa shape index (κ2) is 16.8. The fourth-order valence-electron chi connectivity index (χ4n) is 3.25. The van der Waals surface area contributed by atoms with Gasteiger partial charge in [-0.15, -0.1) is 0 Å². The fourth-order valence-corrected chi connectivity index (χ4v) is 3.25. The predicted molar refractivity (Wildman–Crippen MR) is 139 cm³/mol. The number of nitrogens with zero attached hydrogens (tertiary/aromatic N) is 3. The summed E-state index contributed by atoms with van der Waals surface area (Å²) >= 11 is 0. The maximum absolute atomic E-state index is 12.0. The van der Waals surface area contributed by atoms with Crippen LogP contribution in [0.15, 0.2) is 59.5 Å². The number of H-pyrrole nitrogens is 1. The van der Waals surface area contributed by atoms with E-state index in [0.717, 1.165) is 43.0 Å². The van der Waals surface area contributed by atoms with Gasteiger partial charge in [0.05, 0.1) is 5.69 Å². The van der Waals surface area contributed by atoms with Crippen molar-refractivity contribution in [2.45, 2.75) is 45.2 Å². The zero-order chi connectivity index (χ0) is 31.9. The van der Waals surface area contributed by atoms with E-state index in [0.29, 0.717) is 18.8 Å². The molecule has 0 amide bonds. The number of hydrogen-bond donors (Lipinski definition) is 4. The molecule has 230 valence electrons. The summed E-state index contributed by atoms with van der Waals surface area (Å²) in [6.07, 6.45) is -6.68. The Hall–Kier alpha value is -4.31. The maximum Gasteiger partial charge on any atom is 0.490 e. The van der Waals surface area contributed by atoms with Crippen molar-refractivity contribution in [1.29, 1.82) is 0 Å². The lowest BCUT2D eigenvalue weighted by atomic mass is 10.1. The van der Waals surface area contributed by atoms with Crippen molar-refractivity contribution in [2.75, 3.05) is 13.1 Å². The third-order valence-electron chi connectivity index (χ3n) is 4.94. The lowest BCUT2D eigenvalue weighted by Crippen LogP contribution is -2.24. The van der Waals surface area contributed by atoms with Crippen molar-refractivity contribution in [3.63, 3.8) is 0 Å². The molecule has 0 saturated heterocycles. The topological polar surface area (TPSA) is 162 Å². The smallest absolute Gasteiger partial charge is 0.475 e. The van der Waals surface area contributed by atoms with Crippen LogP contribution in [0.2, 0.25) is 0 Å². The number of carboxylic acids is 2. The van der Waals surface area contributed by atoms with E-state index >= 15 is 0 Å². The molecule has 0 saturated carbocycles. The Morgan fingerprint density at radius 1 is 0.929 bits per heavy atom. The number of aliphatic carboxylic acids is 2. The van der Waals surface area contributed by atoms with Crippen LogP contribution in [0.1, 0.15) is 30.3 Å². The summed E-state index contributed by atoms with van der Waals surface area (Å²) in [6.45, 7) is 5.25. The predicted octanol–water partition coefficient (Wildman–Crippen LogP) is 4.01. The first kappa shape index (κ1) is 35.7. The minimum Gasteiger partial charge on any atom is -0.475 e. The van der Waals surface area contributed by atoms with Crippen molar-refractivity contribution < 1.29 is 46.1 Å². The molecule has 16 heteroatoms. The van der Waals surface area contributed by atoms with Crippen LogP contribution in [0.25, 0.3) is 11.4 Å². The molecule has 10 nitrogen and oxygen atoms in total. The largest absolute Gasteiger partial charge is 0.490 e. The standard InChI is InChI=1S/C22H27N5O.2C2HF3O2/c1-2-12-27(16-20-8-3-4-11-24-20)15-17-6-5-7-18(13-17)22-25-19(9-10-23)14-21(28)26-22;2*3-2(4,5)1(6)7/h3-8,11,13-14H,2,9-10,12,15-16,23H2,1H3,(H,25,26,28);2*(H,6,7). The Labute approximate surface area is 235 Å². The normalized spacial score (nSPS) is 11.2. The second-order valence-electron chi connectivity index (χ2n) is 8.46. The molecule has 42 heavy (non-hydrogen) atoms. The van der Waals surface area contributed by atoms with Gasteiger partial charge in [-0.25, -0.2) is 14.6 Å². The van der Waals surface area contributed by atoms with Gasteiger partial charge in [0.2, 0.25) is 0 Å². The molecule has 0 radical (unpaired) electrons. The van der Waals surface area contributed by atoms with Gasteiger partial charge in [-0.05, 0) is 43.3 Å². The molecule has 0 atom stereocenters. The molecular weight excluding hydrogens is 576 g/mol. The van der Waals surface area contributed by atoms with Gasteiger partial charge in [0, 0.05) is 43.0 Å². The average molecular weight is 606 g/mol. The van der Waals surface area contributed by atoms with Crippen molar-refractivity contribution in [3.05, 3.63) is 82.0 Å². The zero-order valence-corrected chi connectivity index (χ0v) is 22.2. The Kier molecular flexibility index (Phi) is 14.3. The third kappa shape index (κ3) is 13.8. The van der Waals surface area contributed by atoms with E-state index in [1.165, 1.54) is 11.6 Å². The number of carboxylic acid groups (broad SMARTS) is 2. The van der Waals surface area contributed by atoms with Gasteiger partial charge in [-0.1, -0.05) is 31.2 Å². The molecule has 0 unspecified atom stereocenters. The summed E-state index contributed by atoms with van der Waals surface area (Å²) in [5.41, 5.74) is 9.32. The highest BCUT2D eigenvalue weighted by atomic mass is 19.4. The van der Waals surface area contributed by atoms with E-state index in [9.17, 15) is 31.1 Å². The Bertz CT molecular complexity index is 1310. The van der Waals surface area contributed by atoms with Crippen LogP contribution in [0.4, 0.5) is 26.3 Å². The van der Waals surface area contributed by atoms with E-state index in [-0.39, 0.29) is 5.56 Å². The van der Waals surface area contributed by atoms with Gasteiger partial charge in [0.25, 0.3) is 5.56 Å². The number of aromatic amines is 1. The number of nitrogens with two attached hydrogens (primary N) is 1. The van der Waals surface area contributed by atoms with Gasteiger partial charge in [-0.2, -0.15) is 26.3 Å². The molecule has 0 bridgehead atoms. The average Bonchev–Trinajstić information content (AvgIpc) is 2.89. The summed E-state index contributed by atoms with van der Waals surface area (Å²) < 4.78 is 63.5. The van der Waals surface area contributed by atoms with Crippen LogP contribution in [0, 0.1) is 0 Å². The number of carbonyl (C=O) groups is 2. The van der Waals surface area contributed by atoms with E-state index in [4.69, 9.17) is 25.5 Å². The Balaban J connectivity index is 0.000000522. The lowest BCUT2D eigenvalue weighted by molar-refractivity contribution is -0.193. The van der Waals surface area contributed by atoms with E-state index < -0.39 is 24.3 Å². The Morgan fingerprint density at radius 2 is 1.55 bits per heavy atom. The van der Waals surface area contributed by atoms with Crippen LogP contribution < -0.4 is 11.3 Å². The van der Waals surface area contributed by atoms with Crippen LogP contribution in [0.5, 0.6) is 0 Å². The van der Waals surface area contributed by atoms with Crippen molar-refractivity contribution in [2.24, 2.45) is 5.73 Å². The number of halogens is 6. The molecule has 3 aromatic rings. The van der Waals surface area contributed by atoms with Gasteiger partial charge >= 0.3 is 24.3 Å². The second-order valence-corrected chi connectivity index (χ2v) is 8.46. The minimum atomic E-state index is -5.08. The number of rotatable bonds is 9. The van der Waals surface area contributed by atoms with Crippen LogP contribution in [0.3, 0.4) is 0 Å². The van der Waals surface area contributed by atoms with Crippen LogP contribution in [-0.2, 0) is 29.1 Å². The van der Waals surface area contributed by atoms with Crippen molar-refractivity contribution in [1.82, 2.24) is 19.9 Å². The van der Waals surface area contributed by atoms with Crippen LogP contribution >= 0.6 is 0 Å². The first-order valence-electron chi connectivity index (χ1n) is 12.2. The molecular formula is C26H29F6N5O5. The summed E-state index contributed by atoms with van der Waals surface area (Å²) in [5, 5.41) is 14.2. The Morgan fingerprint density at radius 3 is 2.05 bits per heavy atom. The molecule has 0 aliphatic carbocycles. The molecule has 0 spiro atoms. The number of aromatic nitrogens is 3. The van der Waals surface area contributed by atoms with Crippen molar-refractivity contribution >= 4 is 11.9 Å². The minimum absolute atomic E-state index is 0.151. The number of pyridine rings is 1. The van der Waals surface area contributed by atoms with E-state index in [2.05, 4.69) is 45.0 Å². The summed E-state index contributed by atoms with van der Waals surface area (Å²) in [5.74, 6) is -4.93. The molecule has 1 aromatic carbocycles. The molecule has 0 aliphatic rings. The van der Waals surface area contributed by atoms with E-state index in [1.807, 2.05) is 30.5 Å². The summed E-state index contributed by atoms with van der Waals surface area (Å²) in [4.78, 5) is 44.0. The van der Waals surface area contributed by atoms with Gasteiger partial charge in [0.1, 0.15) is 5.82 Å². The quantitative estimate of drug-likeness (QED) is 0.264. The van der Waals surface area contributed by atoms with Crippen LogP contribution in [-0.4, -0.2) is 67.4 Å². The lowest BCUT2D eigenvalue weighted by Gasteiger charge is -2.21. The summed E-state index contributed by atoms with van der Waals surface area (Å²) in [7, 11) is 0. The highest BCUT2D eigenvalue weighted by Gasteiger charge is 2.38. The molecule has 0 aliphatic heterocycles. The first-order valence-corrected chi connectivity index (χ1v) is 12.2. The third-order valence-corrected chi connectivity index (χ3v) is 4.94. The van der Waals surface area contributed by atoms with Crippen molar-refractivity contribution in [3.8, 4) is 11.4 Å². The highest BCUT2D eigenvalue weighted by molar-refractivity contribution is 5.73. The fraction of sp³-hybridized carbons (Fsp3) is 0.346. The van der Waals surface area contributed by atoms with Gasteiger partial charge < -0.3 is 20.9 Å². The molecule has 0 fully saturated rings. The molecule has 5 N–H and O–H groups in total. The molecule has 2 aromatic heterocycles. The van der Waals surface area contributed by atoms with Gasteiger partial charge in [-0.3, -0.25) is 14.7 Å². The van der Waals surface area contributed by atoms with Gasteiger partial charge in [0.15, 0.2) is 0 Å². The number of nitrogens with one attached hydrogen (secondary N) is 1. The zero-order valence-electron chi connectivity index (χ0n) is 22.2. The van der Waals surface area contributed by atoms with E-state index in [1.54, 1.807) is 0 Å². The maximum atomic E-state index is 12.0. The number of hydrogen-bond acceptors (Lipinski definition) is 7. The number of benzene rings is 1. The summed E-state index contributed by atoms with van der Waals surface area (Å²) in [6, 6.07) is 15.7. The monoisotopic (exact) mass is 605 g/mol. The highest BCUT2D eigenvalue weighted by Crippen LogP contribution is 2.18. The molecule has 3 rings (SSSR count).